The molecular weight excluding hydrogens is 412 g/mol. The number of aromatic hydroxyl groups is 1. The summed E-state index contributed by atoms with van der Waals surface area (Å²) in [5, 5.41) is 20.4. The number of benzene rings is 1. The Morgan fingerprint density at radius 3 is 2.66 bits per heavy atom. The number of hydrogen-bond donors (Lipinski definition) is 1. The number of hydrogen-bond acceptors (Lipinski definition) is 7. The first kappa shape index (κ1) is 22.9. The monoisotopic (exact) mass is 438 g/mol. The molecule has 3 rings (SSSR count). The van der Waals surface area contributed by atoms with Crippen molar-refractivity contribution in [3.05, 3.63) is 45.2 Å². The van der Waals surface area contributed by atoms with Crippen LogP contribution >= 0.6 is 0 Å². The van der Waals surface area contributed by atoms with Gasteiger partial charge in [0, 0.05) is 38.3 Å². The molecule has 0 radical (unpaired) electrons. The van der Waals surface area contributed by atoms with Crippen LogP contribution in [0.5, 0.6) is 17.4 Å². The first-order valence-electron chi connectivity index (χ1n) is 10.3. The van der Waals surface area contributed by atoms with E-state index in [2.05, 4.69) is 4.99 Å². The van der Waals surface area contributed by atoms with Crippen molar-refractivity contribution in [2.24, 2.45) is 4.99 Å². The van der Waals surface area contributed by atoms with Gasteiger partial charge in [-0.3, -0.25) is 19.1 Å². The molecule has 1 fully saturated rings. The number of amides is 1. The van der Waals surface area contributed by atoms with Crippen LogP contribution in [0.4, 0.5) is 5.69 Å². The Morgan fingerprint density at radius 2 is 2.03 bits per heavy atom. The van der Waals surface area contributed by atoms with Crippen molar-refractivity contribution in [3.8, 4) is 23.4 Å². The predicted molar refractivity (Wildman–Crippen MR) is 119 cm³/mol. The van der Waals surface area contributed by atoms with Gasteiger partial charge >= 0.3 is 0 Å². The third-order valence-electron chi connectivity index (χ3n) is 5.55. The highest BCUT2D eigenvalue weighted by Gasteiger charge is 2.21. The van der Waals surface area contributed by atoms with E-state index in [1.165, 1.54) is 17.9 Å². The van der Waals surface area contributed by atoms with E-state index < -0.39 is 5.56 Å². The quantitative estimate of drug-likeness (QED) is 0.633. The van der Waals surface area contributed by atoms with Crippen molar-refractivity contribution in [2.75, 3.05) is 27.3 Å². The largest absolute Gasteiger partial charge is 0.497 e. The minimum Gasteiger partial charge on any atom is -0.497 e. The van der Waals surface area contributed by atoms with E-state index in [0.29, 0.717) is 48.7 Å². The van der Waals surface area contributed by atoms with Gasteiger partial charge in [0.1, 0.15) is 28.8 Å². The lowest BCUT2D eigenvalue weighted by Gasteiger charge is -2.17. The molecule has 1 saturated heterocycles. The molecule has 168 valence electrons. The van der Waals surface area contributed by atoms with E-state index in [0.717, 1.165) is 6.42 Å². The van der Waals surface area contributed by atoms with Gasteiger partial charge in [-0.25, -0.2) is 0 Å². The molecule has 1 aromatic heterocycles. The number of carbonyl (C=O) groups is 1. The molecule has 0 atom stereocenters. The third kappa shape index (κ3) is 4.59. The molecule has 0 unspecified atom stereocenters. The Kier molecular flexibility index (Phi) is 7.15. The fraction of sp³-hybridized carbons (Fsp3) is 0.391. The number of nitrogens with zero attached hydrogens (tertiary/aromatic N) is 4. The summed E-state index contributed by atoms with van der Waals surface area (Å²) in [6.07, 6.45) is 3.28. The lowest BCUT2D eigenvalue weighted by molar-refractivity contribution is -0.127. The van der Waals surface area contributed by atoms with Crippen molar-refractivity contribution < 1.29 is 19.4 Å². The smallest absolute Gasteiger partial charge is 0.271 e. The van der Waals surface area contributed by atoms with Crippen LogP contribution in [-0.2, 0) is 11.3 Å². The van der Waals surface area contributed by atoms with Gasteiger partial charge in [-0.1, -0.05) is 0 Å². The highest BCUT2D eigenvalue weighted by Crippen LogP contribution is 2.32. The molecule has 2 heterocycles. The molecule has 1 aliphatic rings. The zero-order chi connectivity index (χ0) is 23.3. The van der Waals surface area contributed by atoms with Gasteiger partial charge in [0.15, 0.2) is 0 Å². The Hall–Kier alpha value is -3.80. The molecule has 1 aliphatic heterocycles. The highest BCUT2D eigenvalue weighted by molar-refractivity contribution is 5.88. The zero-order valence-electron chi connectivity index (χ0n) is 18.4. The van der Waals surface area contributed by atoms with Crippen molar-refractivity contribution in [1.82, 2.24) is 9.47 Å². The molecule has 0 aliphatic carbocycles. The molecule has 0 bridgehead atoms. The number of pyridine rings is 1. The number of aliphatic imine (C=N–C) groups is 1. The maximum atomic E-state index is 12.8. The third-order valence-corrected chi connectivity index (χ3v) is 5.55. The second-order valence-electron chi connectivity index (χ2n) is 7.44. The number of likely N-dealkylation sites (tertiary alicyclic amines) is 1. The van der Waals surface area contributed by atoms with Gasteiger partial charge < -0.3 is 19.5 Å². The molecule has 9 nitrogen and oxygen atoms in total. The fourth-order valence-electron chi connectivity index (χ4n) is 3.72. The number of carbonyl (C=O) groups excluding carboxylic acids is 1. The standard InChI is InChI=1S/C23H26N4O5/c1-15-17(13-24)22(29)27(11-5-10-26-9-4-6-21(26)28)23(30)18(15)14-25-19-8-7-16(31-2)12-20(19)32-3/h7-8,12,14,30H,4-6,9-11H2,1-3H3. The average molecular weight is 438 g/mol. The topological polar surface area (TPSA) is 117 Å². The molecule has 0 spiro atoms. The van der Waals surface area contributed by atoms with E-state index >= 15 is 0 Å². The summed E-state index contributed by atoms with van der Waals surface area (Å²) < 4.78 is 11.7. The van der Waals surface area contributed by atoms with Crippen LogP contribution in [0.25, 0.3) is 0 Å². The number of ether oxygens (including phenoxy) is 2. The summed E-state index contributed by atoms with van der Waals surface area (Å²) in [6.45, 7) is 2.97. The fourth-order valence-corrected chi connectivity index (χ4v) is 3.72. The summed E-state index contributed by atoms with van der Waals surface area (Å²) in [7, 11) is 3.06. The molecule has 1 aromatic carbocycles. The summed E-state index contributed by atoms with van der Waals surface area (Å²) in [5.41, 5.74) is 0.502. The van der Waals surface area contributed by atoms with E-state index in [4.69, 9.17) is 9.47 Å². The number of methoxy groups -OCH3 is 2. The van der Waals surface area contributed by atoms with Crippen molar-refractivity contribution in [3.63, 3.8) is 0 Å². The lowest BCUT2D eigenvalue weighted by atomic mass is 10.1. The molecule has 32 heavy (non-hydrogen) atoms. The first-order chi connectivity index (χ1) is 15.4. The van der Waals surface area contributed by atoms with Gasteiger partial charge in [0.2, 0.25) is 11.8 Å². The van der Waals surface area contributed by atoms with Crippen molar-refractivity contribution >= 4 is 17.8 Å². The highest BCUT2D eigenvalue weighted by atomic mass is 16.5. The molecular formula is C23H26N4O5. The summed E-state index contributed by atoms with van der Waals surface area (Å²) in [4.78, 5) is 30.7. The zero-order valence-corrected chi connectivity index (χ0v) is 18.4. The van der Waals surface area contributed by atoms with E-state index in [9.17, 15) is 20.0 Å². The Labute approximate surface area is 186 Å². The second-order valence-corrected chi connectivity index (χ2v) is 7.44. The average Bonchev–Trinajstić information content (AvgIpc) is 3.20. The van der Waals surface area contributed by atoms with Crippen molar-refractivity contribution in [1.29, 1.82) is 5.26 Å². The number of nitriles is 1. The number of rotatable bonds is 8. The van der Waals surface area contributed by atoms with Crippen LogP contribution in [-0.4, -0.2) is 54.0 Å². The summed E-state index contributed by atoms with van der Waals surface area (Å²) >= 11 is 0. The van der Waals surface area contributed by atoms with Crippen LogP contribution in [0, 0.1) is 18.3 Å². The minimum absolute atomic E-state index is 0.0526. The second kappa shape index (κ2) is 10.0. The molecule has 2 aromatic rings. The van der Waals surface area contributed by atoms with Gasteiger partial charge in [0.25, 0.3) is 5.56 Å². The molecule has 1 N–H and O–H groups in total. The summed E-state index contributed by atoms with van der Waals surface area (Å²) in [6, 6.07) is 7.04. The van der Waals surface area contributed by atoms with Crippen LogP contribution < -0.4 is 15.0 Å². The van der Waals surface area contributed by atoms with E-state index in [1.807, 2.05) is 6.07 Å². The van der Waals surface area contributed by atoms with Crippen LogP contribution in [0.1, 0.15) is 36.0 Å². The van der Waals surface area contributed by atoms with Crippen molar-refractivity contribution in [2.45, 2.75) is 32.7 Å². The van der Waals surface area contributed by atoms with E-state index in [1.54, 1.807) is 37.1 Å². The van der Waals surface area contributed by atoms with Crippen LogP contribution in [0.2, 0.25) is 0 Å². The van der Waals surface area contributed by atoms with Gasteiger partial charge in [-0.05, 0) is 37.5 Å². The maximum absolute atomic E-state index is 12.8. The van der Waals surface area contributed by atoms with E-state index in [-0.39, 0.29) is 29.5 Å². The normalized spacial score (nSPS) is 13.6. The Bertz CT molecular complexity index is 1150. The van der Waals surface area contributed by atoms with Gasteiger partial charge in [-0.15, -0.1) is 0 Å². The minimum atomic E-state index is -0.561. The van der Waals surface area contributed by atoms with Gasteiger partial charge in [0.05, 0.1) is 19.8 Å². The first-order valence-corrected chi connectivity index (χ1v) is 10.3. The molecule has 0 saturated carbocycles. The lowest BCUT2D eigenvalue weighted by Crippen LogP contribution is -2.29. The number of aromatic nitrogens is 1. The van der Waals surface area contributed by atoms with Gasteiger partial charge in [-0.2, -0.15) is 5.26 Å². The van der Waals surface area contributed by atoms with Crippen LogP contribution in [0.3, 0.4) is 0 Å². The molecule has 1 amide bonds. The Balaban J connectivity index is 1.93. The molecule has 9 heteroatoms. The van der Waals surface area contributed by atoms with Crippen LogP contribution in [0.15, 0.2) is 28.0 Å². The maximum Gasteiger partial charge on any atom is 0.271 e. The SMILES string of the molecule is COc1ccc(N=Cc2c(C)c(C#N)c(=O)n(CCCN3CCCC3=O)c2O)c(OC)c1. The predicted octanol–water partition coefficient (Wildman–Crippen LogP) is 2.51. The summed E-state index contributed by atoms with van der Waals surface area (Å²) in [5.74, 6) is 0.915. The Morgan fingerprint density at radius 1 is 1.25 bits per heavy atom.